The predicted octanol–water partition coefficient (Wildman–Crippen LogP) is 2.68. The maximum atomic E-state index is 11.3. The normalized spacial score (nSPS) is 9.94. The Balaban J connectivity index is 2.95. The first-order valence-corrected chi connectivity index (χ1v) is 5.77. The Morgan fingerprint density at radius 2 is 2.19 bits per heavy atom. The van der Waals surface area contributed by atoms with Gasteiger partial charge in [0.25, 0.3) is 0 Å². The third kappa shape index (κ3) is 3.17. The van der Waals surface area contributed by atoms with Crippen molar-refractivity contribution >= 4 is 28.2 Å². The van der Waals surface area contributed by atoms with Crippen LogP contribution >= 0.6 is 15.9 Å². The molecule has 16 heavy (non-hydrogen) atoms. The Hall–Kier alpha value is -1.16. The van der Waals surface area contributed by atoms with E-state index in [1.54, 1.807) is 13.0 Å². The monoisotopic (exact) mass is 284 g/mol. The maximum absolute atomic E-state index is 11.3. The Morgan fingerprint density at radius 1 is 1.50 bits per heavy atom. The van der Waals surface area contributed by atoms with E-state index in [1.165, 1.54) is 0 Å². The second-order valence-corrected chi connectivity index (χ2v) is 4.25. The summed E-state index contributed by atoms with van der Waals surface area (Å²) in [4.78, 5) is 22.1. The summed E-state index contributed by atoms with van der Waals surface area (Å²) >= 11 is 3.29. The van der Waals surface area contributed by atoms with Crippen molar-refractivity contribution in [2.24, 2.45) is 0 Å². The van der Waals surface area contributed by atoms with Gasteiger partial charge in [0.05, 0.1) is 13.0 Å². The van der Waals surface area contributed by atoms with Crippen LogP contribution in [-0.2, 0) is 16.0 Å². The van der Waals surface area contributed by atoms with Gasteiger partial charge in [-0.3, -0.25) is 9.59 Å². The largest absolute Gasteiger partial charge is 0.466 e. The Bertz CT molecular complexity index is 413. The number of benzene rings is 1. The van der Waals surface area contributed by atoms with Gasteiger partial charge in [0.15, 0.2) is 6.29 Å². The van der Waals surface area contributed by atoms with Crippen LogP contribution in [0.5, 0.6) is 0 Å². The third-order valence-electron chi connectivity index (χ3n) is 2.22. The number of esters is 1. The van der Waals surface area contributed by atoms with Crippen LogP contribution in [0.4, 0.5) is 0 Å². The zero-order valence-electron chi connectivity index (χ0n) is 9.25. The fourth-order valence-electron chi connectivity index (χ4n) is 1.38. The molecule has 3 nitrogen and oxygen atoms in total. The molecule has 0 unspecified atom stereocenters. The highest BCUT2D eigenvalue weighted by atomic mass is 79.9. The fraction of sp³-hybridized carbons (Fsp3) is 0.333. The van der Waals surface area contributed by atoms with E-state index in [0.717, 1.165) is 21.9 Å². The van der Waals surface area contributed by atoms with Crippen molar-refractivity contribution in [3.8, 4) is 0 Å². The lowest BCUT2D eigenvalue weighted by atomic mass is 10.0. The van der Waals surface area contributed by atoms with E-state index >= 15 is 0 Å². The standard InChI is InChI=1S/C12H13BrO3/c1-3-16-12(15)6-9-5-10(7-14)11(13)4-8(9)2/h4-5,7H,3,6H2,1-2H3. The molecule has 0 amide bonds. The highest BCUT2D eigenvalue weighted by Gasteiger charge is 2.09. The number of aryl methyl sites for hydroxylation is 1. The van der Waals surface area contributed by atoms with E-state index in [9.17, 15) is 9.59 Å². The van der Waals surface area contributed by atoms with E-state index in [2.05, 4.69) is 15.9 Å². The van der Waals surface area contributed by atoms with Crippen LogP contribution in [-0.4, -0.2) is 18.9 Å². The van der Waals surface area contributed by atoms with Crippen molar-refractivity contribution in [1.82, 2.24) is 0 Å². The van der Waals surface area contributed by atoms with Gasteiger partial charge in [-0.2, -0.15) is 0 Å². The molecule has 0 radical (unpaired) electrons. The first-order valence-electron chi connectivity index (χ1n) is 4.98. The lowest BCUT2D eigenvalue weighted by Crippen LogP contribution is -2.09. The molecule has 0 aromatic heterocycles. The van der Waals surface area contributed by atoms with Gasteiger partial charge < -0.3 is 4.74 Å². The van der Waals surface area contributed by atoms with Crippen LogP contribution in [0.3, 0.4) is 0 Å². The average molecular weight is 285 g/mol. The molecule has 0 saturated heterocycles. The fourth-order valence-corrected chi connectivity index (χ4v) is 1.94. The molecule has 1 aromatic carbocycles. The molecule has 86 valence electrons. The molecular formula is C12H13BrO3. The lowest BCUT2D eigenvalue weighted by molar-refractivity contribution is -0.142. The number of hydrogen-bond acceptors (Lipinski definition) is 3. The molecule has 4 heteroatoms. The molecule has 1 aromatic rings. The van der Waals surface area contributed by atoms with Crippen LogP contribution in [0, 0.1) is 6.92 Å². The molecule has 0 heterocycles. The zero-order chi connectivity index (χ0) is 12.1. The van der Waals surface area contributed by atoms with Gasteiger partial charge >= 0.3 is 5.97 Å². The van der Waals surface area contributed by atoms with Crippen molar-refractivity contribution in [2.45, 2.75) is 20.3 Å². The second-order valence-electron chi connectivity index (χ2n) is 3.40. The summed E-state index contributed by atoms with van der Waals surface area (Å²) < 4.78 is 5.61. The Morgan fingerprint density at radius 3 is 2.75 bits per heavy atom. The molecule has 0 N–H and O–H groups in total. The second kappa shape index (κ2) is 5.80. The summed E-state index contributed by atoms with van der Waals surface area (Å²) in [7, 11) is 0. The summed E-state index contributed by atoms with van der Waals surface area (Å²) in [6, 6.07) is 3.54. The summed E-state index contributed by atoms with van der Waals surface area (Å²) in [6.45, 7) is 4.03. The topological polar surface area (TPSA) is 43.4 Å². The number of carbonyl (C=O) groups excluding carboxylic acids is 2. The number of carbonyl (C=O) groups is 2. The quantitative estimate of drug-likeness (QED) is 0.631. The van der Waals surface area contributed by atoms with Gasteiger partial charge in [-0.1, -0.05) is 15.9 Å². The van der Waals surface area contributed by atoms with Gasteiger partial charge in [0, 0.05) is 10.0 Å². The molecule has 0 aliphatic carbocycles. The van der Waals surface area contributed by atoms with Gasteiger partial charge in [-0.05, 0) is 37.1 Å². The van der Waals surface area contributed by atoms with Crippen molar-refractivity contribution in [3.63, 3.8) is 0 Å². The molecule has 1 rings (SSSR count). The highest BCUT2D eigenvalue weighted by molar-refractivity contribution is 9.10. The van der Waals surface area contributed by atoms with Gasteiger partial charge in [0.1, 0.15) is 0 Å². The summed E-state index contributed by atoms with van der Waals surface area (Å²) in [5.41, 5.74) is 2.33. The molecule has 0 bridgehead atoms. The van der Waals surface area contributed by atoms with Gasteiger partial charge in [-0.15, -0.1) is 0 Å². The molecule has 0 saturated carbocycles. The summed E-state index contributed by atoms with van der Waals surface area (Å²) in [5.74, 6) is -0.273. The van der Waals surface area contributed by atoms with Crippen LogP contribution < -0.4 is 0 Å². The van der Waals surface area contributed by atoms with Gasteiger partial charge in [0.2, 0.25) is 0 Å². The average Bonchev–Trinajstić information content (AvgIpc) is 2.22. The van der Waals surface area contributed by atoms with E-state index in [4.69, 9.17) is 4.74 Å². The first kappa shape index (κ1) is 12.9. The third-order valence-corrected chi connectivity index (χ3v) is 2.91. The molecule has 0 atom stereocenters. The number of ether oxygens (including phenoxy) is 1. The van der Waals surface area contributed by atoms with E-state index in [1.807, 2.05) is 13.0 Å². The Labute approximate surface area is 103 Å². The van der Waals surface area contributed by atoms with Crippen molar-refractivity contribution in [1.29, 1.82) is 0 Å². The number of halogens is 1. The zero-order valence-corrected chi connectivity index (χ0v) is 10.8. The molecule has 0 aliphatic heterocycles. The minimum Gasteiger partial charge on any atom is -0.466 e. The van der Waals surface area contributed by atoms with E-state index < -0.39 is 0 Å². The van der Waals surface area contributed by atoms with Crippen molar-refractivity contribution < 1.29 is 14.3 Å². The minimum absolute atomic E-state index is 0.202. The van der Waals surface area contributed by atoms with Gasteiger partial charge in [-0.25, -0.2) is 0 Å². The number of hydrogen-bond donors (Lipinski definition) is 0. The molecular weight excluding hydrogens is 272 g/mol. The number of rotatable bonds is 4. The summed E-state index contributed by atoms with van der Waals surface area (Å²) in [5, 5.41) is 0. The van der Waals surface area contributed by atoms with E-state index in [0.29, 0.717) is 12.2 Å². The van der Waals surface area contributed by atoms with Crippen LogP contribution in [0.25, 0.3) is 0 Å². The highest BCUT2D eigenvalue weighted by Crippen LogP contribution is 2.21. The molecule has 0 aliphatic rings. The molecule has 0 spiro atoms. The van der Waals surface area contributed by atoms with Crippen molar-refractivity contribution in [3.05, 3.63) is 33.3 Å². The first-order chi connectivity index (χ1) is 7.58. The molecule has 0 fully saturated rings. The van der Waals surface area contributed by atoms with E-state index in [-0.39, 0.29) is 12.4 Å². The van der Waals surface area contributed by atoms with Crippen LogP contribution in [0.15, 0.2) is 16.6 Å². The summed E-state index contributed by atoms with van der Waals surface area (Å²) in [6.07, 6.45) is 0.964. The maximum Gasteiger partial charge on any atom is 0.310 e. The number of aldehydes is 1. The predicted molar refractivity (Wildman–Crippen MR) is 64.6 cm³/mol. The van der Waals surface area contributed by atoms with Crippen LogP contribution in [0.2, 0.25) is 0 Å². The Kier molecular flexibility index (Phi) is 4.68. The minimum atomic E-state index is -0.273. The lowest BCUT2D eigenvalue weighted by Gasteiger charge is -2.07. The SMILES string of the molecule is CCOC(=O)Cc1cc(C=O)c(Br)cc1C. The van der Waals surface area contributed by atoms with Crippen LogP contribution in [0.1, 0.15) is 28.4 Å². The van der Waals surface area contributed by atoms with Crippen molar-refractivity contribution in [2.75, 3.05) is 6.61 Å². The smallest absolute Gasteiger partial charge is 0.310 e.